The van der Waals surface area contributed by atoms with Crippen LogP contribution >= 0.6 is 0 Å². The van der Waals surface area contributed by atoms with Crippen molar-refractivity contribution in [2.24, 2.45) is 0 Å². The maximum Gasteiger partial charge on any atom is 0.118 e. The van der Waals surface area contributed by atoms with Crippen LogP contribution in [0.5, 0.6) is 5.75 Å². The third kappa shape index (κ3) is 2.90. The van der Waals surface area contributed by atoms with Crippen LogP contribution in [0.3, 0.4) is 0 Å². The molecule has 1 aromatic carbocycles. The van der Waals surface area contributed by atoms with Gasteiger partial charge in [-0.05, 0) is 36.8 Å². The first-order valence-corrected chi connectivity index (χ1v) is 7.06. The van der Waals surface area contributed by atoms with E-state index in [0.29, 0.717) is 0 Å². The van der Waals surface area contributed by atoms with Gasteiger partial charge in [-0.1, -0.05) is 18.2 Å². The molecule has 1 N–H and O–H groups in total. The molecule has 108 valence electrons. The molecular weight excluding hydrogens is 262 g/mol. The van der Waals surface area contributed by atoms with Gasteiger partial charge < -0.3 is 10.1 Å². The molecule has 2 aromatic heterocycles. The van der Waals surface area contributed by atoms with Gasteiger partial charge in [0.2, 0.25) is 0 Å². The largest absolute Gasteiger partial charge is 0.497 e. The highest BCUT2D eigenvalue weighted by Gasteiger charge is 2.07. The molecule has 3 aromatic rings. The molecule has 0 unspecified atom stereocenters. The fourth-order valence-corrected chi connectivity index (χ4v) is 2.40. The van der Waals surface area contributed by atoms with E-state index in [2.05, 4.69) is 35.5 Å². The number of benzene rings is 1. The third-order valence-electron chi connectivity index (χ3n) is 3.72. The molecule has 0 spiro atoms. The summed E-state index contributed by atoms with van der Waals surface area (Å²) in [5, 5.41) is 7.89. The molecule has 0 amide bonds. The number of fused-ring (bicyclic) bond motifs is 1. The van der Waals surface area contributed by atoms with Crippen LogP contribution in [0.25, 0.3) is 5.52 Å². The van der Waals surface area contributed by atoms with E-state index in [1.807, 2.05) is 41.2 Å². The highest BCUT2D eigenvalue weighted by molar-refractivity contribution is 5.53. The van der Waals surface area contributed by atoms with Crippen molar-refractivity contribution in [2.75, 3.05) is 7.11 Å². The van der Waals surface area contributed by atoms with Crippen LogP contribution < -0.4 is 10.1 Å². The van der Waals surface area contributed by atoms with E-state index in [0.717, 1.165) is 17.8 Å². The van der Waals surface area contributed by atoms with Crippen LogP contribution in [0.2, 0.25) is 0 Å². The van der Waals surface area contributed by atoms with E-state index in [-0.39, 0.29) is 6.04 Å². The second kappa shape index (κ2) is 5.97. The monoisotopic (exact) mass is 281 g/mol. The van der Waals surface area contributed by atoms with Gasteiger partial charge in [0.1, 0.15) is 5.75 Å². The summed E-state index contributed by atoms with van der Waals surface area (Å²) in [6, 6.07) is 14.5. The summed E-state index contributed by atoms with van der Waals surface area (Å²) >= 11 is 0. The Morgan fingerprint density at radius 2 is 2.00 bits per heavy atom. The predicted molar refractivity (Wildman–Crippen MR) is 83.4 cm³/mol. The Kier molecular flexibility index (Phi) is 3.88. The molecule has 0 fully saturated rings. The molecule has 0 aliphatic heterocycles. The van der Waals surface area contributed by atoms with Crippen LogP contribution in [0.15, 0.2) is 54.9 Å². The lowest BCUT2D eigenvalue weighted by atomic mass is 10.1. The molecular formula is C17H19N3O. The van der Waals surface area contributed by atoms with Crippen molar-refractivity contribution in [3.8, 4) is 5.75 Å². The maximum absolute atomic E-state index is 5.18. The minimum absolute atomic E-state index is 0.273. The van der Waals surface area contributed by atoms with Gasteiger partial charge in [0.05, 0.1) is 18.8 Å². The van der Waals surface area contributed by atoms with Crippen molar-refractivity contribution in [2.45, 2.75) is 19.5 Å². The first-order valence-electron chi connectivity index (χ1n) is 7.06. The topological polar surface area (TPSA) is 38.6 Å². The standard InChI is InChI=1S/C17H19N3O/c1-13(14-6-8-16(21-2)9-7-14)18-11-15-12-19-20-10-4-3-5-17(15)20/h3-10,12-13,18H,11H2,1-2H3/t13-/m0/s1. The summed E-state index contributed by atoms with van der Waals surface area (Å²) in [4.78, 5) is 0. The molecule has 4 heteroatoms. The predicted octanol–water partition coefficient (Wildman–Crippen LogP) is 3.19. The molecule has 3 rings (SSSR count). The van der Waals surface area contributed by atoms with Crippen molar-refractivity contribution in [1.82, 2.24) is 14.9 Å². The summed E-state index contributed by atoms with van der Waals surface area (Å²) in [6.07, 6.45) is 3.88. The van der Waals surface area contributed by atoms with Gasteiger partial charge in [-0.3, -0.25) is 0 Å². The molecule has 0 aliphatic carbocycles. The molecule has 0 aliphatic rings. The van der Waals surface area contributed by atoms with Gasteiger partial charge in [-0.25, -0.2) is 4.52 Å². The first kappa shape index (κ1) is 13.6. The first-order chi connectivity index (χ1) is 10.3. The average molecular weight is 281 g/mol. The van der Waals surface area contributed by atoms with E-state index in [1.165, 1.54) is 11.1 Å². The molecule has 0 saturated heterocycles. The minimum atomic E-state index is 0.273. The number of hydrogen-bond donors (Lipinski definition) is 1. The molecule has 0 radical (unpaired) electrons. The quantitative estimate of drug-likeness (QED) is 0.780. The number of methoxy groups -OCH3 is 1. The summed E-state index contributed by atoms with van der Waals surface area (Å²) in [6.45, 7) is 2.95. The summed E-state index contributed by atoms with van der Waals surface area (Å²) in [7, 11) is 1.68. The molecule has 21 heavy (non-hydrogen) atoms. The Balaban J connectivity index is 1.68. The lowest BCUT2D eigenvalue weighted by Gasteiger charge is -2.14. The Bertz CT molecular complexity index is 718. The van der Waals surface area contributed by atoms with Crippen molar-refractivity contribution in [3.05, 3.63) is 66.0 Å². The number of aromatic nitrogens is 2. The SMILES string of the molecule is COc1ccc([C@H](C)NCc2cnn3ccccc23)cc1. The molecule has 4 nitrogen and oxygen atoms in total. The molecule has 0 bridgehead atoms. The number of hydrogen-bond acceptors (Lipinski definition) is 3. The smallest absolute Gasteiger partial charge is 0.118 e. The van der Waals surface area contributed by atoms with E-state index in [4.69, 9.17) is 4.74 Å². The Morgan fingerprint density at radius 1 is 1.19 bits per heavy atom. The average Bonchev–Trinajstić information content (AvgIpc) is 2.96. The summed E-state index contributed by atoms with van der Waals surface area (Å²) < 4.78 is 7.08. The zero-order chi connectivity index (χ0) is 14.7. The van der Waals surface area contributed by atoms with Gasteiger partial charge in [0.15, 0.2) is 0 Å². The number of rotatable bonds is 5. The van der Waals surface area contributed by atoms with Crippen molar-refractivity contribution >= 4 is 5.52 Å². The lowest BCUT2D eigenvalue weighted by Crippen LogP contribution is -2.17. The van der Waals surface area contributed by atoms with Crippen molar-refractivity contribution in [3.63, 3.8) is 0 Å². The summed E-state index contributed by atoms with van der Waals surface area (Å²) in [5.74, 6) is 0.883. The fraction of sp³-hybridized carbons (Fsp3) is 0.235. The number of nitrogens with zero attached hydrogens (tertiary/aromatic N) is 2. The van der Waals surface area contributed by atoms with Gasteiger partial charge in [0, 0.05) is 24.3 Å². The second-order valence-corrected chi connectivity index (χ2v) is 5.08. The zero-order valence-electron chi connectivity index (χ0n) is 12.3. The van der Waals surface area contributed by atoms with Crippen LogP contribution in [0.4, 0.5) is 0 Å². The highest BCUT2D eigenvalue weighted by atomic mass is 16.5. The molecule has 1 atom stereocenters. The summed E-state index contributed by atoms with van der Waals surface area (Å²) in [5.41, 5.74) is 3.59. The highest BCUT2D eigenvalue weighted by Crippen LogP contribution is 2.18. The fourth-order valence-electron chi connectivity index (χ4n) is 2.40. The van der Waals surface area contributed by atoms with E-state index in [1.54, 1.807) is 7.11 Å². The van der Waals surface area contributed by atoms with Gasteiger partial charge in [-0.15, -0.1) is 0 Å². The Morgan fingerprint density at radius 3 is 2.76 bits per heavy atom. The molecule has 2 heterocycles. The number of nitrogens with one attached hydrogen (secondary N) is 1. The van der Waals surface area contributed by atoms with Gasteiger partial charge in [-0.2, -0.15) is 5.10 Å². The van der Waals surface area contributed by atoms with Crippen molar-refractivity contribution < 1.29 is 4.74 Å². The number of pyridine rings is 1. The Hall–Kier alpha value is -2.33. The van der Waals surface area contributed by atoms with Crippen LogP contribution in [-0.2, 0) is 6.54 Å². The van der Waals surface area contributed by atoms with E-state index >= 15 is 0 Å². The van der Waals surface area contributed by atoms with Gasteiger partial charge in [0.25, 0.3) is 0 Å². The van der Waals surface area contributed by atoms with Crippen LogP contribution in [0, 0.1) is 0 Å². The lowest BCUT2D eigenvalue weighted by molar-refractivity contribution is 0.414. The van der Waals surface area contributed by atoms with Crippen molar-refractivity contribution in [1.29, 1.82) is 0 Å². The Labute approximate surface area is 124 Å². The zero-order valence-corrected chi connectivity index (χ0v) is 12.3. The van der Waals surface area contributed by atoms with E-state index < -0.39 is 0 Å². The van der Waals surface area contributed by atoms with Gasteiger partial charge >= 0.3 is 0 Å². The van der Waals surface area contributed by atoms with Crippen LogP contribution in [0.1, 0.15) is 24.1 Å². The number of ether oxygens (including phenoxy) is 1. The second-order valence-electron chi connectivity index (χ2n) is 5.08. The van der Waals surface area contributed by atoms with E-state index in [9.17, 15) is 0 Å². The normalized spacial score (nSPS) is 12.5. The maximum atomic E-state index is 5.18. The third-order valence-corrected chi connectivity index (χ3v) is 3.72. The molecule has 0 saturated carbocycles. The minimum Gasteiger partial charge on any atom is -0.497 e. The van der Waals surface area contributed by atoms with Crippen LogP contribution in [-0.4, -0.2) is 16.7 Å².